The fourth-order valence-corrected chi connectivity index (χ4v) is 3.75. The first-order valence-electron chi connectivity index (χ1n) is 5.02. The zero-order chi connectivity index (χ0) is 8.13. The van der Waals surface area contributed by atoms with Gasteiger partial charge in [-0.25, -0.2) is 0 Å². The molecule has 0 unspecified atom stereocenters. The molecule has 2 saturated carbocycles. The molecule has 0 aliphatic heterocycles. The first-order valence-corrected chi connectivity index (χ1v) is 5.02. The summed E-state index contributed by atoms with van der Waals surface area (Å²) in [5.41, 5.74) is 0. The second-order valence-electron chi connectivity index (χ2n) is 4.60. The highest BCUT2D eigenvalue weighted by atomic mass is 16.1. The lowest BCUT2D eigenvalue weighted by Crippen LogP contribution is -2.24. The lowest BCUT2D eigenvalue weighted by atomic mass is 9.76. The molecular formula is C11H14O. The summed E-state index contributed by atoms with van der Waals surface area (Å²) in [4.78, 5) is 10.8. The van der Waals surface area contributed by atoms with E-state index in [1.54, 1.807) is 0 Å². The third-order valence-electron chi connectivity index (χ3n) is 4.24. The smallest absolute Gasteiger partial charge is 0.123 e. The van der Waals surface area contributed by atoms with Crippen LogP contribution in [0.5, 0.6) is 0 Å². The molecule has 2 fully saturated rings. The molecule has 0 amide bonds. The lowest BCUT2D eigenvalue weighted by Gasteiger charge is -2.27. The van der Waals surface area contributed by atoms with Crippen LogP contribution < -0.4 is 0 Å². The van der Waals surface area contributed by atoms with Crippen molar-refractivity contribution in [3.05, 3.63) is 12.2 Å². The van der Waals surface area contributed by atoms with E-state index in [-0.39, 0.29) is 0 Å². The summed E-state index contributed by atoms with van der Waals surface area (Å²) in [5, 5.41) is 0. The zero-order valence-electron chi connectivity index (χ0n) is 7.15. The number of hydrogen-bond acceptors (Lipinski definition) is 1. The molecule has 0 radical (unpaired) electrons. The van der Waals surface area contributed by atoms with Gasteiger partial charge >= 0.3 is 0 Å². The van der Waals surface area contributed by atoms with Gasteiger partial charge in [0.1, 0.15) is 6.29 Å². The third-order valence-corrected chi connectivity index (χ3v) is 4.24. The fraction of sp³-hybridized carbons (Fsp3) is 0.727. The first-order chi connectivity index (χ1) is 5.90. The second kappa shape index (κ2) is 2.21. The molecule has 3 rings (SSSR count). The zero-order valence-corrected chi connectivity index (χ0v) is 7.15. The van der Waals surface area contributed by atoms with Crippen LogP contribution in [0.15, 0.2) is 12.2 Å². The molecule has 1 nitrogen and oxygen atoms in total. The van der Waals surface area contributed by atoms with Gasteiger partial charge < -0.3 is 4.79 Å². The predicted octanol–water partition coefficient (Wildman–Crippen LogP) is 2.03. The Morgan fingerprint density at radius 3 is 3.00 bits per heavy atom. The van der Waals surface area contributed by atoms with Crippen LogP contribution in [0.2, 0.25) is 0 Å². The van der Waals surface area contributed by atoms with E-state index in [0.29, 0.717) is 5.92 Å². The molecule has 1 heteroatoms. The Labute approximate surface area is 72.8 Å². The van der Waals surface area contributed by atoms with Crippen molar-refractivity contribution in [2.24, 2.45) is 29.6 Å². The number of aldehydes is 1. The SMILES string of the molecule is O=C[C@@H]1C[C@@H]2C[C@H]1[C@@H]1C=CC[C@H]21. The standard InChI is InChI=1S/C11H14O/c12-6-8-4-7-5-11(8)10-3-1-2-9(7)10/h1,3,6-11H,2,4-5H2/t7-,8+,9-,10-,11-/m1/s1. The monoisotopic (exact) mass is 162 g/mol. The van der Waals surface area contributed by atoms with Crippen molar-refractivity contribution in [2.45, 2.75) is 19.3 Å². The van der Waals surface area contributed by atoms with Crippen LogP contribution in [0, 0.1) is 29.6 Å². The molecule has 0 heterocycles. The highest BCUT2D eigenvalue weighted by Gasteiger charge is 2.52. The molecule has 0 aromatic heterocycles. The van der Waals surface area contributed by atoms with Crippen LogP contribution in [0.1, 0.15) is 19.3 Å². The molecule has 0 N–H and O–H groups in total. The van der Waals surface area contributed by atoms with E-state index >= 15 is 0 Å². The Balaban J connectivity index is 1.91. The Morgan fingerprint density at radius 2 is 2.17 bits per heavy atom. The van der Waals surface area contributed by atoms with Crippen LogP contribution in [0.3, 0.4) is 0 Å². The van der Waals surface area contributed by atoms with E-state index in [1.165, 1.54) is 25.5 Å². The van der Waals surface area contributed by atoms with Crippen LogP contribution in [0.4, 0.5) is 0 Å². The second-order valence-corrected chi connectivity index (χ2v) is 4.60. The van der Waals surface area contributed by atoms with Crippen LogP contribution in [-0.2, 0) is 4.79 Å². The fourth-order valence-electron chi connectivity index (χ4n) is 3.75. The highest BCUT2D eigenvalue weighted by Crippen LogP contribution is 2.58. The van der Waals surface area contributed by atoms with E-state index in [4.69, 9.17) is 0 Å². The third kappa shape index (κ3) is 0.675. The largest absolute Gasteiger partial charge is 0.303 e. The van der Waals surface area contributed by atoms with Crippen molar-refractivity contribution in [3.63, 3.8) is 0 Å². The summed E-state index contributed by atoms with van der Waals surface area (Å²) in [6.45, 7) is 0. The van der Waals surface area contributed by atoms with Crippen molar-refractivity contribution in [3.8, 4) is 0 Å². The molecule has 0 aromatic rings. The molecule has 3 aliphatic rings. The number of fused-ring (bicyclic) bond motifs is 5. The van der Waals surface area contributed by atoms with Gasteiger partial charge in [-0.15, -0.1) is 0 Å². The number of allylic oxidation sites excluding steroid dienone is 2. The number of rotatable bonds is 1. The molecule has 64 valence electrons. The van der Waals surface area contributed by atoms with E-state index in [2.05, 4.69) is 12.2 Å². The topological polar surface area (TPSA) is 17.1 Å². The van der Waals surface area contributed by atoms with Crippen LogP contribution in [0.25, 0.3) is 0 Å². The normalized spacial score (nSPS) is 54.5. The van der Waals surface area contributed by atoms with Gasteiger partial charge in [-0.3, -0.25) is 0 Å². The Morgan fingerprint density at radius 1 is 1.25 bits per heavy atom. The van der Waals surface area contributed by atoms with Crippen molar-refractivity contribution in [1.29, 1.82) is 0 Å². The number of carbonyl (C=O) groups is 1. The molecule has 0 saturated heterocycles. The van der Waals surface area contributed by atoms with Gasteiger partial charge in [-0.2, -0.15) is 0 Å². The Hall–Kier alpha value is -0.590. The maximum atomic E-state index is 10.8. The summed E-state index contributed by atoms with van der Waals surface area (Å²) < 4.78 is 0. The Bertz CT molecular complexity index is 243. The summed E-state index contributed by atoms with van der Waals surface area (Å²) in [7, 11) is 0. The summed E-state index contributed by atoms with van der Waals surface area (Å²) in [6, 6.07) is 0. The van der Waals surface area contributed by atoms with Crippen LogP contribution in [-0.4, -0.2) is 6.29 Å². The average Bonchev–Trinajstić information content (AvgIpc) is 2.75. The summed E-state index contributed by atoms with van der Waals surface area (Å²) >= 11 is 0. The van der Waals surface area contributed by atoms with Gasteiger partial charge in [0.25, 0.3) is 0 Å². The van der Waals surface area contributed by atoms with Crippen molar-refractivity contribution < 1.29 is 4.79 Å². The molecule has 0 aromatic carbocycles. The van der Waals surface area contributed by atoms with Crippen molar-refractivity contribution in [2.75, 3.05) is 0 Å². The quantitative estimate of drug-likeness (QED) is 0.426. The molecular weight excluding hydrogens is 148 g/mol. The molecule has 3 aliphatic carbocycles. The lowest BCUT2D eigenvalue weighted by molar-refractivity contribution is -0.113. The highest BCUT2D eigenvalue weighted by molar-refractivity contribution is 5.55. The van der Waals surface area contributed by atoms with E-state index in [1.807, 2.05) is 0 Å². The Kier molecular flexibility index (Phi) is 1.27. The minimum absolute atomic E-state index is 0.402. The molecule has 2 bridgehead atoms. The van der Waals surface area contributed by atoms with Crippen LogP contribution >= 0.6 is 0 Å². The van der Waals surface area contributed by atoms with Crippen molar-refractivity contribution >= 4 is 6.29 Å². The first kappa shape index (κ1) is 6.88. The summed E-state index contributed by atoms with van der Waals surface area (Å²) in [5.74, 6) is 3.70. The maximum absolute atomic E-state index is 10.8. The molecule has 12 heavy (non-hydrogen) atoms. The van der Waals surface area contributed by atoms with Gasteiger partial charge in [0.15, 0.2) is 0 Å². The average molecular weight is 162 g/mol. The molecule has 0 spiro atoms. The minimum atomic E-state index is 0.402. The van der Waals surface area contributed by atoms with Crippen molar-refractivity contribution in [1.82, 2.24) is 0 Å². The predicted molar refractivity (Wildman–Crippen MR) is 46.5 cm³/mol. The molecule has 5 atom stereocenters. The van der Waals surface area contributed by atoms with Gasteiger partial charge in [0, 0.05) is 5.92 Å². The number of hydrogen-bond donors (Lipinski definition) is 0. The maximum Gasteiger partial charge on any atom is 0.123 e. The van der Waals surface area contributed by atoms with Gasteiger partial charge in [0.05, 0.1) is 0 Å². The number of carbonyl (C=O) groups excluding carboxylic acids is 1. The van der Waals surface area contributed by atoms with E-state index in [9.17, 15) is 4.79 Å². The van der Waals surface area contributed by atoms with E-state index < -0.39 is 0 Å². The van der Waals surface area contributed by atoms with Gasteiger partial charge in [-0.1, -0.05) is 12.2 Å². The van der Waals surface area contributed by atoms with Gasteiger partial charge in [0.2, 0.25) is 0 Å². The summed E-state index contributed by atoms with van der Waals surface area (Å²) in [6.07, 6.45) is 9.71. The minimum Gasteiger partial charge on any atom is -0.303 e. The van der Waals surface area contributed by atoms with Gasteiger partial charge in [-0.05, 0) is 42.9 Å². The van der Waals surface area contributed by atoms with E-state index in [0.717, 1.165) is 23.7 Å².